The first-order valence-corrected chi connectivity index (χ1v) is 5.89. The Kier molecular flexibility index (Phi) is 4.52. The van der Waals surface area contributed by atoms with E-state index in [9.17, 15) is 4.79 Å². The van der Waals surface area contributed by atoms with Crippen LogP contribution in [-0.2, 0) is 9.53 Å². The second-order valence-corrected chi connectivity index (χ2v) is 3.72. The van der Waals surface area contributed by atoms with Crippen molar-refractivity contribution < 1.29 is 9.53 Å². The topological polar surface area (TPSA) is 77.0 Å². The van der Waals surface area contributed by atoms with Gasteiger partial charge >= 0.3 is 0 Å². The molecule has 19 heavy (non-hydrogen) atoms. The average Bonchev–Trinajstić information content (AvgIpc) is 2.47. The molecular formula is C13H14N4O2. The number of anilines is 1. The first-order chi connectivity index (χ1) is 9.29. The van der Waals surface area contributed by atoms with Crippen molar-refractivity contribution in [2.45, 2.75) is 6.92 Å². The van der Waals surface area contributed by atoms with Gasteiger partial charge < -0.3 is 10.1 Å². The van der Waals surface area contributed by atoms with E-state index in [0.717, 1.165) is 5.56 Å². The molecule has 2 aromatic heterocycles. The summed E-state index contributed by atoms with van der Waals surface area (Å²) in [6.45, 7) is 2.36. The summed E-state index contributed by atoms with van der Waals surface area (Å²) < 4.78 is 5.00. The molecule has 1 amide bonds. The fourth-order valence-corrected chi connectivity index (χ4v) is 1.43. The summed E-state index contributed by atoms with van der Waals surface area (Å²) in [4.78, 5) is 23.8. The van der Waals surface area contributed by atoms with Crippen LogP contribution in [0, 0.1) is 0 Å². The third-order valence-corrected chi connectivity index (χ3v) is 2.29. The molecule has 0 fully saturated rings. The Morgan fingerprint density at radius 2 is 2.11 bits per heavy atom. The Labute approximate surface area is 110 Å². The van der Waals surface area contributed by atoms with Crippen LogP contribution in [0.1, 0.15) is 6.92 Å². The molecule has 0 saturated heterocycles. The minimum atomic E-state index is -0.223. The lowest BCUT2D eigenvalue weighted by atomic mass is 10.3. The lowest BCUT2D eigenvalue weighted by molar-refractivity contribution is -0.120. The van der Waals surface area contributed by atoms with E-state index in [1.54, 1.807) is 24.8 Å². The van der Waals surface area contributed by atoms with Crippen LogP contribution in [0.15, 0.2) is 36.9 Å². The summed E-state index contributed by atoms with van der Waals surface area (Å²) >= 11 is 0. The van der Waals surface area contributed by atoms with Crippen molar-refractivity contribution in [2.75, 3.05) is 18.5 Å². The first kappa shape index (κ1) is 13.1. The lowest BCUT2D eigenvalue weighted by Gasteiger charge is -2.05. The van der Waals surface area contributed by atoms with E-state index in [4.69, 9.17) is 4.74 Å². The summed E-state index contributed by atoms with van der Waals surface area (Å²) in [7, 11) is 0. The summed E-state index contributed by atoms with van der Waals surface area (Å²) in [6, 6.07) is 3.69. The molecule has 0 aliphatic heterocycles. The predicted octanol–water partition coefficient (Wildman–Crippen LogP) is 1.51. The fraction of sp³-hybridized carbons (Fsp3) is 0.231. The minimum absolute atomic E-state index is 0.0286. The Morgan fingerprint density at radius 3 is 2.74 bits per heavy atom. The number of pyridine rings is 1. The van der Waals surface area contributed by atoms with Gasteiger partial charge in [-0.25, -0.2) is 9.97 Å². The Morgan fingerprint density at radius 1 is 1.32 bits per heavy atom. The van der Waals surface area contributed by atoms with Crippen LogP contribution in [0.4, 0.5) is 5.69 Å². The Hall–Kier alpha value is -2.34. The summed E-state index contributed by atoms with van der Waals surface area (Å²) in [5.74, 6) is 0.343. The summed E-state index contributed by atoms with van der Waals surface area (Å²) in [5, 5.41) is 2.65. The fourth-order valence-electron chi connectivity index (χ4n) is 1.43. The third kappa shape index (κ3) is 3.82. The highest BCUT2D eigenvalue weighted by Crippen LogP contribution is 2.13. The molecular weight excluding hydrogens is 244 g/mol. The van der Waals surface area contributed by atoms with Gasteiger partial charge in [-0.2, -0.15) is 0 Å². The van der Waals surface area contributed by atoms with Gasteiger partial charge in [-0.1, -0.05) is 0 Å². The molecule has 0 aliphatic carbocycles. The molecule has 1 N–H and O–H groups in total. The van der Waals surface area contributed by atoms with Crippen LogP contribution in [0.2, 0.25) is 0 Å². The molecule has 0 aromatic carbocycles. The van der Waals surface area contributed by atoms with E-state index in [2.05, 4.69) is 20.3 Å². The van der Waals surface area contributed by atoms with Crippen LogP contribution in [-0.4, -0.2) is 34.1 Å². The second-order valence-electron chi connectivity index (χ2n) is 3.72. The van der Waals surface area contributed by atoms with Crippen molar-refractivity contribution in [1.29, 1.82) is 0 Å². The quantitative estimate of drug-likeness (QED) is 0.879. The monoisotopic (exact) mass is 258 g/mol. The van der Waals surface area contributed by atoms with E-state index >= 15 is 0 Å². The van der Waals surface area contributed by atoms with Crippen LogP contribution in [0.5, 0.6) is 0 Å². The highest BCUT2D eigenvalue weighted by atomic mass is 16.5. The van der Waals surface area contributed by atoms with Crippen molar-refractivity contribution in [2.24, 2.45) is 0 Å². The molecule has 0 radical (unpaired) electrons. The molecule has 0 aliphatic rings. The number of ether oxygens (including phenoxy) is 1. The largest absolute Gasteiger partial charge is 0.372 e. The van der Waals surface area contributed by atoms with Crippen molar-refractivity contribution >= 4 is 11.6 Å². The van der Waals surface area contributed by atoms with Crippen LogP contribution >= 0.6 is 0 Å². The number of amides is 1. The lowest BCUT2D eigenvalue weighted by Crippen LogP contribution is -2.18. The molecule has 2 heterocycles. The maximum atomic E-state index is 11.4. The molecule has 2 aromatic rings. The molecule has 6 heteroatoms. The zero-order valence-electron chi connectivity index (χ0n) is 10.5. The standard InChI is InChI=1S/C13H14N4O2/c1-2-19-9-12(18)17-11-7-15-13(16-8-11)10-4-3-5-14-6-10/h3-8H,2,9H2,1H3,(H,17,18). The molecule has 2 rings (SSSR count). The summed E-state index contributed by atoms with van der Waals surface area (Å²) in [5.41, 5.74) is 1.37. The van der Waals surface area contributed by atoms with Crippen molar-refractivity contribution in [3.8, 4) is 11.4 Å². The number of nitrogens with one attached hydrogen (secondary N) is 1. The number of carbonyl (C=O) groups is 1. The normalized spacial score (nSPS) is 10.2. The van der Waals surface area contributed by atoms with Gasteiger partial charge in [0.15, 0.2) is 5.82 Å². The van der Waals surface area contributed by atoms with E-state index in [1.807, 2.05) is 19.1 Å². The average molecular weight is 258 g/mol. The Bertz CT molecular complexity index is 528. The molecule has 98 valence electrons. The number of carbonyl (C=O) groups excluding carboxylic acids is 1. The van der Waals surface area contributed by atoms with Crippen LogP contribution in [0.25, 0.3) is 11.4 Å². The maximum absolute atomic E-state index is 11.4. The molecule has 0 saturated carbocycles. The van der Waals surface area contributed by atoms with E-state index < -0.39 is 0 Å². The Balaban J connectivity index is 2.01. The molecule has 6 nitrogen and oxygen atoms in total. The highest BCUT2D eigenvalue weighted by molar-refractivity contribution is 5.91. The SMILES string of the molecule is CCOCC(=O)Nc1cnc(-c2cccnc2)nc1. The number of rotatable bonds is 5. The third-order valence-electron chi connectivity index (χ3n) is 2.29. The van der Waals surface area contributed by atoms with Gasteiger partial charge in [0.05, 0.1) is 18.1 Å². The van der Waals surface area contributed by atoms with Crippen LogP contribution < -0.4 is 5.32 Å². The van der Waals surface area contributed by atoms with Gasteiger partial charge in [0, 0.05) is 24.6 Å². The first-order valence-electron chi connectivity index (χ1n) is 5.89. The van der Waals surface area contributed by atoms with Crippen molar-refractivity contribution in [3.05, 3.63) is 36.9 Å². The zero-order chi connectivity index (χ0) is 13.5. The van der Waals surface area contributed by atoms with Gasteiger partial charge in [-0.05, 0) is 19.1 Å². The number of aromatic nitrogens is 3. The van der Waals surface area contributed by atoms with Crippen molar-refractivity contribution in [3.63, 3.8) is 0 Å². The molecule has 0 atom stereocenters. The smallest absolute Gasteiger partial charge is 0.250 e. The van der Waals surface area contributed by atoms with Gasteiger partial charge in [0.2, 0.25) is 5.91 Å². The van der Waals surface area contributed by atoms with Gasteiger partial charge in [0.1, 0.15) is 6.61 Å². The van der Waals surface area contributed by atoms with E-state index in [-0.39, 0.29) is 12.5 Å². The zero-order valence-corrected chi connectivity index (χ0v) is 10.5. The van der Waals surface area contributed by atoms with Crippen molar-refractivity contribution in [1.82, 2.24) is 15.0 Å². The van der Waals surface area contributed by atoms with Crippen LogP contribution in [0.3, 0.4) is 0 Å². The van der Waals surface area contributed by atoms with E-state index in [1.165, 1.54) is 0 Å². The van der Waals surface area contributed by atoms with E-state index in [0.29, 0.717) is 18.1 Å². The number of nitrogens with zero attached hydrogens (tertiary/aromatic N) is 3. The number of hydrogen-bond acceptors (Lipinski definition) is 5. The maximum Gasteiger partial charge on any atom is 0.250 e. The molecule has 0 unspecified atom stereocenters. The van der Waals surface area contributed by atoms with Gasteiger partial charge in [0.25, 0.3) is 0 Å². The minimum Gasteiger partial charge on any atom is -0.372 e. The highest BCUT2D eigenvalue weighted by Gasteiger charge is 2.04. The molecule has 0 spiro atoms. The second kappa shape index (κ2) is 6.55. The van der Waals surface area contributed by atoms with Gasteiger partial charge in [-0.15, -0.1) is 0 Å². The summed E-state index contributed by atoms with van der Waals surface area (Å²) in [6.07, 6.45) is 6.48. The van der Waals surface area contributed by atoms with Gasteiger partial charge in [-0.3, -0.25) is 9.78 Å². The molecule has 0 bridgehead atoms. The predicted molar refractivity (Wildman–Crippen MR) is 70.4 cm³/mol. The number of hydrogen-bond donors (Lipinski definition) is 1.